The Morgan fingerprint density at radius 2 is 2.03 bits per heavy atom. The van der Waals surface area contributed by atoms with Gasteiger partial charge in [-0.3, -0.25) is 14.6 Å². The van der Waals surface area contributed by atoms with E-state index in [9.17, 15) is 14.7 Å². The van der Waals surface area contributed by atoms with Crippen molar-refractivity contribution in [3.05, 3.63) is 65.0 Å². The van der Waals surface area contributed by atoms with E-state index in [4.69, 9.17) is 9.47 Å². The van der Waals surface area contributed by atoms with Gasteiger partial charge in [0.1, 0.15) is 11.5 Å². The molecule has 29 heavy (non-hydrogen) atoms. The van der Waals surface area contributed by atoms with Crippen molar-refractivity contribution in [2.75, 3.05) is 27.4 Å². The first-order valence-electron chi connectivity index (χ1n) is 9.31. The molecule has 0 aliphatic carbocycles. The molecule has 7 nitrogen and oxygen atoms in total. The van der Waals surface area contributed by atoms with Gasteiger partial charge in [0.25, 0.3) is 11.7 Å². The van der Waals surface area contributed by atoms with E-state index in [1.54, 1.807) is 56.9 Å². The van der Waals surface area contributed by atoms with Gasteiger partial charge in [0.05, 0.1) is 18.7 Å². The lowest BCUT2D eigenvalue weighted by molar-refractivity contribution is -0.140. The third kappa shape index (κ3) is 4.00. The number of aliphatic hydroxyl groups is 1. The van der Waals surface area contributed by atoms with Gasteiger partial charge in [-0.15, -0.1) is 0 Å². The van der Waals surface area contributed by atoms with Gasteiger partial charge in [0, 0.05) is 38.2 Å². The summed E-state index contributed by atoms with van der Waals surface area (Å²) in [6.07, 6.45) is 3.79. The summed E-state index contributed by atoms with van der Waals surface area (Å²) >= 11 is 0. The van der Waals surface area contributed by atoms with Crippen molar-refractivity contribution in [2.24, 2.45) is 0 Å². The van der Waals surface area contributed by atoms with Crippen molar-refractivity contribution in [1.82, 2.24) is 9.88 Å². The number of carbonyl (C=O) groups excluding carboxylic acids is 2. The minimum atomic E-state index is -0.706. The molecule has 152 valence electrons. The summed E-state index contributed by atoms with van der Waals surface area (Å²) < 4.78 is 10.3. The molecule has 0 bridgehead atoms. The number of hydrogen-bond donors (Lipinski definition) is 1. The molecule has 1 N–H and O–H groups in total. The lowest BCUT2D eigenvalue weighted by atomic mass is 9.95. The van der Waals surface area contributed by atoms with Crippen LogP contribution in [0.3, 0.4) is 0 Å². The molecule has 0 spiro atoms. The molecule has 1 unspecified atom stereocenters. The fourth-order valence-corrected chi connectivity index (χ4v) is 3.56. The van der Waals surface area contributed by atoms with Crippen LogP contribution in [-0.2, 0) is 14.3 Å². The highest BCUT2D eigenvalue weighted by molar-refractivity contribution is 6.46. The molecule has 1 fully saturated rings. The number of rotatable bonds is 7. The number of methoxy groups -OCH3 is 2. The molecule has 2 heterocycles. The SMILES string of the molecule is COCCCN1C(=O)C(=O)/C(=C(/O)c2ccc(OC)c(C)c2)C1c1cccnc1. The van der Waals surface area contributed by atoms with Crippen LogP contribution in [0.15, 0.2) is 48.3 Å². The number of hydrogen-bond acceptors (Lipinski definition) is 6. The van der Waals surface area contributed by atoms with E-state index in [1.807, 2.05) is 6.92 Å². The maximum Gasteiger partial charge on any atom is 0.295 e. The predicted molar refractivity (Wildman–Crippen MR) is 107 cm³/mol. The topological polar surface area (TPSA) is 89.0 Å². The van der Waals surface area contributed by atoms with Gasteiger partial charge in [-0.25, -0.2) is 0 Å². The van der Waals surface area contributed by atoms with Gasteiger partial charge in [-0.1, -0.05) is 6.07 Å². The van der Waals surface area contributed by atoms with E-state index >= 15 is 0 Å². The molecule has 3 rings (SSSR count). The van der Waals surface area contributed by atoms with Gasteiger partial charge in [0.15, 0.2) is 0 Å². The van der Waals surface area contributed by atoms with E-state index in [0.717, 1.165) is 5.56 Å². The summed E-state index contributed by atoms with van der Waals surface area (Å²) in [6, 6.07) is 7.94. The van der Waals surface area contributed by atoms with Crippen molar-refractivity contribution in [3.8, 4) is 5.75 Å². The second-order valence-electron chi connectivity index (χ2n) is 6.81. The number of benzene rings is 1. The number of ether oxygens (including phenoxy) is 2. The summed E-state index contributed by atoms with van der Waals surface area (Å²) in [5, 5.41) is 11.0. The van der Waals surface area contributed by atoms with Crippen molar-refractivity contribution < 1.29 is 24.2 Å². The number of likely N-dealkylation sites (tertiary alicyclic amines) is 1. The maximum atomic E-state index is 12.9. The molecule has 0 radical (unpaired) electrons. The Morgan fingerprint density at radius 1 is 1.24 bits per heavy atom. The molecule has 7 heteroatoms. The Morgan fingerprint density at radius 3 is 2.66 bits per heavy atom. The van der Waals surface area contributed by atoms with E-state index in [2.05, 4.69) is 4.98 Å². The van der Waals surface area contributed by atoms with Crippen LogP contribution >= 0.6 is 0 Å². The first-order valence-corrected chi connectivity index (χ1v) is 9.31. The van der Waals surface area contributed by atoms with Gasteiger partial charge in [-0.2, -0.15) is 0 Å². The zero-order valence-corrected chi connectivity index (χ0v) is 16.7. The summed E-state index contributed by atoms with van der Waals surface area (Å²) in [5.74, 6) is -0.883. The van der Waals surface area contributed by atoms with Crippen LogP contribution < -0.4 is 4.74 Å². The average Bonchev–Trinajstić information content (AvgIpc) is 2.99. The molecule has 1 aromatic carbocycles. The van der Waals surface area contributed by atoms with Crippen molar-refractivity contribution >= 4 is 17.4 Å². The summed E-state index contributed by atoms with van der Waals surface area (Å²) in [6.45, 7) is 2.63. The number of aliphatic hydroxyl groups excluding tert-OH is 1. The van der Waals surface area contributed by atoms with Gasteiger partial charge in [0.2, 0.25) is 0 Å². The second-order valence-corrected chi connectivity index (χ2v) is 6.81. The van der Waals surface area contributed by atoms with Crippen molar-refractivity contribution in [3.63, 3.8) is 0 Å². The number of pyridine rings is 1. The molecule has 2 aromatic rings. The van der Waals surface area contributed by atoms with E-state index in [0.29, 0.717) is 36.4 Å². The number of aromatic nitrogens is 1. The lowest BCUT2D eigenvalue weighted by Crippen LogP contribution is -2.31. The molecule has 1 aliphatic rings. The minimum Gasteiger partial charge on any atom is -0.507 e. The molecule has 1 amide bonds. The fraction of sp³-hybridized carbons (Fsp3) is 0.318. The Labute approximate surface area is 169 Å². The largest absolute Gasteiger partial charge is 0.507 e. The molecule has 1 aromatic heterocycles. The highest BCUT2D eigenvalue weighted by Crippen LogP contribution is 2.39. The van der Waals surface area contributed by atoms with E-state index < -0.39 is 17.7 Å². The monoisotopic (exact) mass is 396 g/mol. The highest BCUT2D eigenvalue weighted by Gasteiger charge is 2.45. The third-order valence-corrected chi connectivity index (χ3v) is 4.96. The fourth-order valence-electron chi connectivity index (χ4n) is 3.56. The molecular weight excluding hydrogens is 372 g/mol. The normalized spacial score (nSPS) is 18.3. The number of ketones is 1. The minimum absolute atomic E-state index is 0.0602. The second kappa shape index (κ2) is 8.87. The number of carbonyl (C=O) groups is 2. The number of Topliss-reactive ketones (excluding diaryl/α,β-unsaturated/α-hetero) is 1. The first-order chi connectivity index (χ1) is 14.0. The summed E-state index contributed by atoms with van der Waals surface area (Å²) in [7, 11) is 3.15. The first kappa shape index (κ1) is 20.5. The zero-order valence-electron chi connectivity index (χ0n) is 16.7. The molecule has 0 saturated carbocycles. The number of nitrogens with zero attached hydrogens (tertiary/aromatic N) is 2. The van der Waals surface area contributed by atoms with Gasteiger partial charge in [-0.05, 0) is 48.7 Å². The third-order valence-electron chi connectivity index (χ3n) is 4.96. The Hall–Kier alpha value is -3.19. The van der Waals surface area contributed by atoms with Gasteiger partial charge < -0.3 is 19.5 Å². The van der Waals surface area contributed by atoms with Crippen LogP contribution in [0.4, 0.5) is 0 Å². The van der Waals surface area contributed by atoms with Crippen LogP contribution in [0.25, 0.3) is 5.76 Å². The van der Waals surface area contributed by atoms with Crippen LogP contribution in [-0.4, -0.2) is 54.1 Å². The smallest absolute Gasteiger partial charge is 0.295 e. The van der Waals surface area contributed by atoms with Crippen LogP contribution in [0, 0.1) is 6.92 Å². The quantitative estimate of drug-likeness (QED) is 0.335. The van der Waals surface area contributed by atoms with Crippen molar-refractivity contribution in [2.45, 2.75) is 19.4 Å². The average molecular weight is 396 g/mol. The zero-order chi connectivity index (χ0) is 21.0. The Balaban J connectivity index is 2.11. The standard InChI is InChI=1S/C22H24N2O5/c1-14-12-15(7-8-17(14)29-3)20(25)18-19(16-6-4-9-23-13-16)24(10-5-11-28-2)22(27)21(18)26/h4,6-9,12-13,19,25H,5,10-11H2,1-3H3/b20-18+. The molecule has 1 atom stereocenters. The molecule has 1 saturated heterocycles. The van der Waals surface area contributed by atoms with Crippen LogP contribution in [0.2, 0.25) is 0 Å². The van der Waals surface area contributed by atoms with E-state index in [-0.39, 0.29) is 11.3 Å². The molecular formula is C22H24N2O5. The number of aryl methyl sites for hydroxylation is 1. The highest BCUT2D eigenvalue weighted by atomic mass is 16.5. The Kier molecular flexibility index (Phi) is 6.29. The Bertz CT molecular complexity index is 939. The number of amides is 1. The maximum absolute atomic E-state index is 12.9. The predicted octanol–water partition coefficient (Wildman–Crippen LogP) is 2.86. The van der Waals surface area contributed by atoms with Crippen LogP contribution in [0.5, 0.6) is 5.75 Å². The summed E-state index contributed by atoms with van der Waals surface area (Å²) in [5.41, 5.74) is 1.98. The molecule has 1 aliphatic heterocycles. The lowest BCUT2D eigenvalue weighted by Gasteiger charge is -2.25. The van der Waals surface area contributed by atoms with Crippen molar-refractivity contribution in [1.29, 1.82) is 0 Å². The van der Waals surface area contributed by atoms with E-state index in [1.165, 1.54) is 4.90 Å². The summed E-state index contributed by atoms with van der Waals surface area (Å²) in [4.78, 5) is 31.2. The van der Waals surface area contributed by atoms with Gasteiger partial charge >= 0.3 is 0 Å². The van der Waals surface area contributed by atoms with Crippen LogP contribution in [0.1, 0.15) is 29.2 Å².